The van der Waals surface area contributed by atoms with E-state index in [-0.39, 0.29) is 0 Å². The number of nitrogens with one attached hydrogen (secondary N) is 1. The molecule has 0 aliphatic carbocycles. The highest BCUT2D eigenvalue weighted by atomic mass is 15.0. The second-order valence-electron chi connectivity index (χ2n) is 1.59. The van der Waals surface area contributed by atoms with Crippen LogP contribution < -0.4 is 5.32 Å². The monoisotopic (exact) mass is 97.1 g/mol. The predicted molar refractivity (Wildman–Crippen MR) is 26.1 cm³/mol. The molecule has 1 N–H and O–H groups in total. The van der Waals surface area contributed by atoms with E-state index in [0.29, 0.717) is 0 Å². The fraction of sp³-hybridized carbons (Fsp3) is 0.750. The van der Waals surface area contributed by atoms with E-state index in [1.807, 2.05) is 0 Å². The van der Waals surface area contributed by atoms with Crippen LogP contribution in [0.15, 0.2) is 0 Å². The van der Waals surface area contributed by atoms with E-state index in [1.54, 1.807) is 0 Å². The van der Waals surface area contributed by atoms with Crippen molar-refractivity contribution in [1.29, 1.82) is 0 Å². The van der Waals surface area contributed by atoms with Gasteiger partial charge in [-0.3, -0.25) is 0 Å². The summed E-state index contributed by atoms with van der Waals surface area (Å²) in [6, 6.07) is 0. The Labute approximate surface area is 42.0 Å². The Kier molecular flexibility index (Phi) is 1.20. The molecule has 0 saturated carbocycles. The molecule has 3 nitrogen and oxygen atoms in total. The average Bonchev–Trinajstić information content (AvgIpc) is 2.14. The molecule has 0 aromatic carbocycles. The minimum absolute atomic E-state index is 0.760. The number of hydrogen-bond donors (Lipinski definition) is 1. The lowest BCUT2D eigenvalue weighted by Gasteiger charge is -1.73. The zero-order valence-corrected chi connectivity index (χ0v) is 4.02. The lowest BCUT2D eigenvalue weighted by atomic mass is 10.3. The summed E-state index contributed by atoms with van der Waals surface area (Å²) in [7, 11) is 0. The summed E-state index contributed by atoms with van der Waals surface area (Å²) in [6.45, 7) is 1.72. The highest BCUT2D eigenvalue weighted by Gasteiger charge is 2.12. The van der Waals surface area contributed by atoms with Gasteiger partial charge >= 0.3 is 0 Å². The van der Waals surface area contributed by atoms with E-state index in [4.69, 9.17) is 5.53 Å². The van der Waals surface area contributed by atoms with Gasteiger partial charge in [-0.25, -0.2) is 0 Å². The van der Waals surface area contributed by atoms with Gasteiger partial charge in [-0.2, -0.15) is 4.79 Å². The SMILES string of the molecule is [N-]=[N+]=C1CCNC1. The lowest BCUT2D eigenvalue weighted by molar-refractivity contribution is -0.00802. The van der Waals surface area contributed by atoms with Crippen molar-refractivity contribution >= 4 is 5.71 Å². The molecule has 0 bridgehead atoms. The molecule has 0 radical (unpaired) electrons. The largest absolute Gasteiger partial charge is 0.362 e. The van der Waals surface area contributed by atoms with Crippen molar-refractivity contribution in [3.63, 3.8) is 0 Å². The van der Waals surface area contributed by atoms with Crippen LogP contribution in [-0.2, 0) is 0 Å². The van der Waals surface area contributed by atoms with Crippen LogP contribution in [-0.4, -0.2) is 23.6 Å². The molecule has 38 valence electrons. The molecule has 0 aromatic heterocycles. The third-order valence-electron chi connectivity index (χ3n) is 1.06. The fourth-order valence-electron chi connectivity index (χ4n) is 0.639. The maximum atomic E-state index is 8.11. The number of nitrogens with zero attached hydrogens (tertiary/aromatic N) is 2. The van der Waals surface area contributed by atoms with Gasteiger partial charge in [0.05, 0.1) is 13.0 Å². The van der Waals surface area contributed by atoms with Crippen molar-refractivity contribution in [2.24, 2.45) is 0 Å². The lowest BCUT2D eigenvalue weighted by Crippen LogP contribution is -2.08. The van der Waals surface area contributed by atoms with Gasteiger partial charge in [-0.1, -0.05) is 0 Å². The quantitative estimate of drug-likeness (QED) is 0.326. The second-order valence-corrected chi connectivity index (χ2v) is 1.59. The molecule has 0 spiro atoms. The number of rotatable bonds is 0. The van der Waals surface area contributed by atoms with E-state index < -0.39 is 0 Å². The summed E-state index contributed by atoms with van der Waals surface area (Å²) in [6.07, 6.45) is 0.899. The second kappa shape index (κ2) is 1.87. The molecular formula is C4H7N3. The average molecular weight is 97.1 g/mol. The molecule has 1 rings (SSSR count). The van der Waals surface area contributed by atoms with Gasteiger partial charge in [0.2, 0.25) is 0 Å². The smallest absolute Gasteiger partial charge is 0.283 e. The van der Waals surface area contributed by atoms with Gasteiger partial charge in [0.1, 0.15) is 0 Å². The summed E-state index contributed by atoms with van der Waals surface area (Å²) in [5.41, 5.74) is 8.98. The standard InChI is InChI=1S/C4H7N3/c5-7-4-1-2-6-3-4/h6H,1-3H2. The highest BCUT2D eigenvalue weighted by molar-refractivity contribution is 5.82. The molecule has 0 atom stereocenters. The molecule has 1 fully saturated rings. The van der Waals surface area contributed by atoms with Crippen LogP contribution >= 0.6 is 0 Å². The van der Waals surface area contributed by atoms with Gasteiger partial charge in [0.25, 0.3) is 5.71 Å². The maximum Gasteiger partial charge on any atom is 0.283 e. The summed E-state index contributed by atoms with van der Waals surface area (Å²) >= 11 is 0. The molecule has 0 unspecified atom stereocenters. The summed E-state index contributed by atoms with van der Waals surface area (Å²) in [5.74, 6) is 0. The fourth-order valence-corrected chi connectivity index (χ4v) is 0.639. The Morgan fingerprint density at radius 2 is 2.57 bits per heavy atom. The van der Waals surface area contributed by atoms with Crippen molar-refractivity contribution in [3.05, 3.63) is 5.53 Å². The molecule has 1 aliphatic heterocycles. The van der Waals surface area contributed by atoms with Crippen LogP contribution in [0, 0.1) is 0 Å². The number of hydrogen-bond acceptors (Lipinski definition) is 1. The first-order valence-electron chi connectivity index (χ1n) is 2.34. The van der Waals surface area contributed by atoms with Crippen LogP contribution in [0.5, 0.6) is 0 Å². The Morgan fingerprint density at radius 3 is 2.86 bits per heavy atom. The van der Waals surface area contributed by atoms with Crippen molar-refractivity contribution in [3.8, 4) is 0 Å². The van der Waals surface area contributed by atoms with Gasteiger partial charge in [0, 0.05) is 6.54 Å². The Hall–Kier alpha value is -0.660. The predicted octanol–water partition coefficient (Wildman–Crippen LogP) is -0.349. The summed E-state index contributed by atoms with van der Waals surface area (Å²) < 4.78 is 0. The Bertz CT molecular complexity index is 104. The molecule has 1 saturated heterocycles. The Balaban J connectivity index is 2.57. The van der Waals surface area contributed by atoms with E-state index in [2.05, 4.69) is 10.1 Å². The molecular weight excluding hydrogens is 90.1 g/mol. The third-order valence-corrected chi connectivity index (χ3v) is 1.06. The maximum absolute atomic E-state index is 8.11. The van der Waals surface area contributed by atoms with E-state index in [9.17, 15) is 0 Å². The topological polar surface area (TPSA) is 48.4 Å². The minimum Gasteiger partial charge on any atom is -0.362 e. The normalized spacial score (nSPS) is 19.7. The molecule has 0 amide bonds. The van der Waals surface area contributed by atoms with Crippen molar-refractivity contribution in [2.75, 3.05) is 13.1 Å². The van der Waals surface area contributed by atoms with Gasteiger partial charge in [-0.05, 0) is 0 Å². The van der Waals surface area contributed by atoms with Crippen LogP contribution in [0.1, 0.15) is 6.42 Å². The van der Waals surface area contributed by atoms with Crippen LogP contribution in [0.25, 0.3) is 5.53 Å². The van der Waals surface area contributed by atoms with E-state index >= 15 is 0 Å². The van der Waals surface area contributed by atoms with E-state index in [0.717, 1.165) is 25.2 Å². The van der Waals surface area contributed by atoms with Crippen molar-refractivity contribution < 1.29 is 4.79 Å². The first-order chi connectivity index (χ1) is 3.43. The first kappa shape index (κ1) is 4.50. The van der Waals surface area contributed by atoms with Crippen LogP contribution in [0.2, 0.25) is 0 Å². The highest BCUT2D eigenvalue weighted by Crippen LogP contribution is 1.86. The molecule has 3 heteroatoms. The molecule has 0 aromatic rings. The molecule has 1 aliphatic rings. The van der Waals surface area contributed by atoms with E-state index in [1.165, 1.54) is 0 Å². The van der Waals surface area contributed by atoms with Gasteiger partial charge in [-0.15, -0.1) is 0 Å². The summed E-state index contributed by atoms with van der Waals surface area (Å²) in [4.78, 5) is 3.04. The zero-order valence-electron chi connectivity index (χ0n) is 4.02. The van der Waals surface area contributed by atoms with Crippen molar-refractivity contribution in [2.45, 2.75) is 6.42 Å². The van der Waals surface area contributed by atoms with Gasteiger partial charge in [0.15, 0.2) is 0 Å². The van der Waals surface area contributed by atoms with Crippen LogP contribution in [0.4, 0.5) is 0 Å². The Morgan fingerprint density at radius 1 is 1.71 bits per heavy atom. The molecule has 7 heavy (non-hydrogen) atoms. The third kappa shape index (κ3) is 0.856. The zero-order chi connectivity index (χ0) is 5.11. The minimum atomic E-state index is 0.760. The van der Waals surface area contributed by atoms with Gasteiger partial charge < -0.3 is 10.8 Å². The first-order valence-corrected chi connectivity index (χ1v) is 2.34. The summed E-state index contributed by atoms with van der Waals surface area (Å²) in [5, 5.41) is 3.03. The molecule has 1 heterocycles. The van der Waals surface area contributed by atoms with Crippen LogP contribution in [0.3, 0.4) is 0 Å². The van der Waals surface area contributed by atoms with Crippen molar-refractivity contribution in [1.82, 2.24) is 5.32 Å².